The van der Waals surface area contributed by atoms with E-state index in [1.165, 1.54) is 6.21 Å². The first-order chi connectivity index (χ1) is 8.74. The molecule has 2 aromatic rings. The van der Waals surface area contributed by atoms with Gasteiger partial charge in [0, 0.05) is 16.9 Å². The number of benzene rings is 1. The van der Waals surface area contributed by atoms with Gasteiger partial charge < -0.3 is 5.32 Å². The largest absolute Gasteiger partial charge is 0.339 e. The molecule has 0 spiro atoms. The van der Waals surface area contributed by atoms with Crippen LogP contribution < -0.4 is 10.7 Å². The number of nitrogens with one attached hydrogen (secondary N) is 3. The quantitative estimate of drug-likeness (QED) is 0.586. The molecule has 2 amide bonds. The molecule has 0 bridgehead atoms. The van der Waals surface area contributed by atoms with Gasteiger partial charge in [0.2, 0.25) is 0 Å². The number of hydrogen-bond donors (Lipinski definition) is 3. The Bertz CT molecular complexity index is 535. The molecule has 0 saturated heterocycles. The number of carbonyl (C=O) groups excluding carboxylic acids is 1. The van der Waals surface area contributed by atoms with E-state index in [1.54, 1.807) is 36.5 Å². The highest BCUT2D eigenvalue weighted by molar-refractivity contribution is 6.30. The summed E-state index contributed by atoms with van der Waals surface area (Å²) in [7, 11) is 0. The standard InChI is InChI=1S/C11H10ClN5O/c12-8-1-3-9(4-2-8)15-11(18)17-14-7-10-5-6-13-16-10/h1-7H,(H,13,16)(H2,15,17,18). The van der Waals surface area contributed by atoms with Crippen LogP contribution in [0.15, 0.2) is 41.6 Å². The van der Waals surface area contributed by atoms with Crippen LogP contribution in [0.4, 0.5) is 10.5 Å². The van der Waals surface area contributed by atoms with E-state index >= 15 is 0 Å². The fourth-order valence-electron chi connectivity index (χ4n) is 1.19. The molecule has 3 N–H and O–H groups in total. The van der Waals surface area contributed by atoms with Crippen molar-refractivity contribution in [1.29, 1.82) is 0 Å². The van der Waals surface area contributed by atoms with Gasteiger partial charge in [0.1, 0.15) is 0 Å². The Morgan fingerprint density at radius 2 is 2.11 bits per heavy atom. The first kappa shape index (κ1) is 12.1. The average molecular weight is 264 g/mol. The molecule has 1 aromatic heterocycles. The van der Waals surface area contributed by atoms with Gasteiger partial charge in [-0.1, -0.05) is 11.6 Å². The van der Waals surface area contributed by atoms with E-state index in [0.29, 0.717) is 16.4 Å². The maximum Gasteiger partial charge on any atom is 0.339 e. The summed E-state index contributed by atoms with van der Waals surface area (Å²) < 4.78 is 0. The van der Waals surface area contributed by atoms with Crippen molar-refractivity contribution >= 4 is 29.5 Å². The van der Waals surface area contributed by atoms with Crippen LogP contribution in [0, 0.1) is 0 Å². The zero-order valence-corrected chi connectivity index (χ0v) is 9.98. The highest BCUT2D eigenvalue weighted by atomic mass is 35.5. The van der Waals surface area contributed by atoms with E-state index in [0.717, 1.165) is 0 Å². The number of H-pyrrole nitrogens is 1. The molecule has 0 aliphatic carbocycles. The summed E-state index contributed by atoms with van der Waals surface area (Å²) in [6, 6.07) is 8.05. The van der Waals surface area contributed by atoms with E-state index in [2.05, 4.69) is 26.0 Å². The average Bonchev–Trinajstić information content (AvgIpc) is 2.85. The third kappa shape index (κ3) is 3.60. The molecule has 1 heterocycles. The number of urea groups is 1. The molecular weight excluding hydrogens is 254 g/mol. The number of hydrazone groups is 1. The molecule has 18 heavy (non-hydrogen) atoms. The van der Waals surface area contributed by atoms with E-state index in [9.17, 15) is 4.79 Å². The maximum atomic E-state index is 11.4. The van der Waals surface area contributed by atoms with Crippen LogP contribution in [0.25, 0.3) is 0 Å². The van der Waals surface area contributed by atoms with E-state index in [4.69, 9.17) is 11.6 Å². The lowest BCUT2D eigenvalue weighted by Crippen LogP contribution is -2.24. The molecule has 0 unspecified atom stereocenters. The number of aromatic nitrogens is 2. The number of halogens is 1. The molecule has 1 aromatic carbocycles. The summed E-state index contributed by atoms with van der Waals surface area (Å²) in [5.74, 6) is 0. The van der Waals surface area contributed by atoms with Crippen LogP contribution in [0.2, 0.25) is 5.02 Å². The topological polar surface area (TPSA) is 82.2 Å². The molecule has 0 atom stereocenters. The van der Waals surface area contributed by atoms with Crippen molar-refractivity contribution in [2.45, 2.75) is 0 Å². The highest BCUT2D eigenvalue weighted by Crippen LogP contribution is 2.12. The number of nitrogens with zero attached hydrogens (tertiary/aromatic N) is 2. The minimum absolute atomic E-state index is 0.437. The Morgan fingerprint density at radius 3 is 2.78 bits per heavy atom. The maximum absolute atomic E-state index is 11.4. The van der Waals surface area contributed by atoms with Gasteiger partial charge in [-0.05, 0) is 30.3 Å². The molecule has 0 aliphatic heterocycles. The first-order valence-corrected chi connectivity index (χ1v) is 5.47. The SMILES string of the molecule is O=C(NN=Cc1ccn[nH]1)Nc1ccc(Cl)cc1. The number of amides is 2. The second-order valence-corrected chi connectivity index (χ2v) is 3.78. The Kier molecular flexibility index (Phi) is 3.93. The lowest BCUT2D eigenvalue weighted by atomic mass is 10.3. The minimum atomic E-state index is -0.437. The fourth-order valence-corrected chi connectivity index (χ4v) is 1.32. The van der Waals surface area contributed by atoms with Gasteiger partial charge in [-0.2, -0.15) is 10.2 Å². The van der Waals surface area contributed by atoms with Crippen molar-refractivity contribution in [1.82, 2.24) is 15.6 Å². The monoisotopic (exact) mass is 263 g/mol. The molecule has 0 fully saturated rings. The number of anilines is 1. The lowest BCUT2D eigenvalue weighted by Gasteiger charge is -2.03. The predicted octanol–water partition coefficient (Wildman–Crippen LogP) is 2.22. The normalized spacial score (nSPS) is 10.5. The molecule has 0 aliphatic rings. The summed E-state index contributed by atoms with van der Waals surface area (Å²) in [5.41, 5.74) is 3.65. The van der Waals surface area contributed by atoms with Crippen molar-refractivity contribution in [2.75, 3.05) is 5.32 Å². The van der Waals surface area contributed by atoms with Crippen LogP contribution in [-0.4, -0.2) is 22.4 Å². The Balaban J connectivity index is 1.84. The number of rotatable bonds is 3. The van der Waals surface area contributed by atoms with Crippen molar-refractivity contribution in [2.24, 2.45) is 5.10 Å². The van der Waals surface area contributed by atoms with E-state index in [1.807, 2.05) is 0 Å². The third-order valence-electron chi connectivity index (χ3n) is 1.99. The third-order valence-corrected chi connectivity index (χ3v) is 2.25. The molecule has 6 nitrogen and oxygen atoms in total. The van der Waals surface area contributed by atoms with Gasteiger partial charge in [0.15, 0.2) is 0 Å². The van der Waals surface area contributed by atoms with Crippen LogP contribution in [0.3, 0.4) is 0 Å². The van der Waals surface area contributed by atoms with Gasteiger partial charge in [-0.15, -0.1) is 0 Å². The van der Waals surface area contributed by atoms with Gasteiger partial charge in [0.25, 0.3) is 0 Å². The van der Waals surface area contributed by atoms with Crippen LogP contribution in [0.5, 0.6) is 0 Å². The van der Waals surface area contributed by atoms with Gasteiger partial charge >= 0.3 is 6.03 Å². The van der Waals surface area contributed by atoms with E-state index in [-0.39, 0.29) is 0 Å². The van der Waals surface area contributed by atoms with Gasteiger partial charge in [-0.3, -0.25) is 5.10 Å². The molecule has 0 radical (unpaired) electrons. The smallest absolute Gasteiger partial charge is 0.307 e. The predicted molar refractivity (Wildman–Crippen MR) is 69.8 cm³/mol. The Hall–Kier alpha value is -2.34. The zero-order valence-electron chi connectivity index (χ0n) is 9.22. The van der Waals surface area contributed by atoms with Gasteiger partial charge in [-0.25, -0.2) is 10.2 Å². The number of aromatic amines is 1. The molecule has 92 valence electrons. The van der Waals surface area contributed by atoms with Crippen molar-refractivity contribution in [3.05, 3.63) is 47.2 Å². The molecule has 7 heteroatoms. The molecular formula is C11H10ClN5O. The second kappa shape index (κ2) is 5.83. The first-order valence-electron chi connectivity index (χ1n) is 5.09. The minimum Gasteiger partial charge on any atom is -0.307 e. The second-order valence-electron chi connectivity index (χ2n) is 3.34. The lowest BCUT2D eigenvalue weighted by molar-refractivity contribution is 0.252. The van der Waals surface area contributed by atoms with Crippen LogP contribution in [0.1, 0.15) is 5.69 Å². The Morgan fingerprint density at radius 1 is 1.33 bits per heavy atom. The summed E-state index contributed by atoms with van der Waals surface area (Å²) in [5, 5.41) is 13.4. The van der Waals surface area contributed by atoms with Crippen molar-refractivity contribution < 1.29 is 4.79 Å². The van der Waals surface area contributed by atoms with Crippen molar-refractivity contribution in [3.8, 4) is 0 Å². The summed E-state index contributed by atoms with van der Waals surface area (Å²) in [6.07, 6.45) is 3.05. The van der Waals surface area contributed by atoms with Crippen molar-refractivity contribution in [3.63, 3.8) is 0 Å². The number of hydrogen-bond acceptors (Lipinski definition) is 3. The van der Waals surface area contributed by atoms with Crippen LogP contribution in [-0.2, 0) is 0 Å². The Labute approximate surface area is 108 Å². The zero-order chi connectivity index (χ0) is 12.8. The van der Waals surface area contributed by atoms with Crippen LogP contribution >= 0.6 is 11.6 Å². The van der Waals surface area contributed by atoms with E-state index < -0.39 is 6.03 Å². The number of carbonyl (C=O) groups is 1. The molecule has 0 saturated carbocycles. The highest BCUT2D eigenvalue weighted by Gasteiger charge is 1.99. The van der Waals surface area contributed by atoms with Gasteiger partial charge in [0.05, 0.1) is 11.9 Å². The summed E-state index contributed by atoms with van der Waals surface area (Å²) in [4.78, 5) is 11.4. The summed E-state index contributed by atoms with van der Waals surface area (Å²) >= 11 is 5.73. The molecule has 2 rings (SSSR count). The fraction of sp³-hybridized carbons (Fsp3) is 0. The summed E-state index contributed by atoms with van der Waals surface area (Å²) in [6.45, 7) is 0.